The lowest BCUT2D eigenvalue weighted by Crippen LogP contribution is -2.30. The molecule has 1 aromatic heterocycles. The molecule has 7 nitrogen and oxygen atoms in total. The second-order valence-electron chi connectivity index (χ2n) is 5.87. The van der Waals surface area contributed by atoms with Crippen molar-refractivity contribution in [1.82, 2.24) is 15.0 Å². The van der Waals surface area contributed by atoms with Gasteiger partial charge in [0.05, 0.1) is 16.8 Å². The first kappa shape index (κ1) is 19.3. The number of esters is 1. The molecule has 0 bridgehead atoms. The zero-order chi connectivity index (χ0) is 20.4. The molecule has 0 aliphatic carbocycles. The highest BCUT2D eigenvalue weighted by Gasteiger charge is 2.22. The van der Waals surface area contributed by atoms with Crippen LogP contribution in [0.1, 0.15) is 24.2 Å². The lowest BCUT2D eigenvalue weighted by molar-refractivity contribution is -0.123. The molecule has 1 N–H and O–H groups in total. The Morgan fingerprint density at radius 3 is 2.64 bits per heavy atom. The third-order valence-electron chi connectivity index (χ3n) is 4.00. The Morgan fingerprint density at radius 2 is 1.93 bits per heavy atom. The zero-order valence-electron chi connectivity index (χ0n) is 14.9. The Balaban J connectivity index is 1.70. The molecule has 0 radical (unpaired) electrons. The third kappa shape index (κ3) is 3.66. The van der Waals surface area contributed by atoms with Crippen LogP contribution in [0.25, 0.3) is 11.0 Å². The van der Waals surface area contributed by atoms with Gasteiger partial charge < -0.3 is 10.1 Å². The minimum atomic E-state index is -1.71. The van der Waals surface area contributed by atoms with Crippen LogP contribution in [0.2, 0.25) is 0 Å². The van der Waals surface area contributed by atoms with Gasteiger partial charge in [-0.25, -0.2) is 22.6 Å². The second-order valence-corrected chi connectivity index (χ2v) is 5.87. The maximum atomic E-state index is 13.6. The fraction of sp³-hybridized carbons (Fsp3) is 0.222. The smallest absolute Gasteiger partial charge is 0.338 e. The topological polar surface area (TPSA) is 86.1 Å². The number of halogens is 3. The third-order valence-corrected chi connectivity index (χ3v) is 4.00. The lowest BCUT2D eigenvalue weighted by atomic mass is 10.2. The van der Waals surface area contributed by atoms with Crippen molar-refractivity contribution in [2.75, 3.05) is 5.32 Å². The minimum absolute atomic E-state index is 0.148. The molecule has 0 unspecified atom stereocenters. The number of ether oxygens (including phenoxy) is 1. The molecule has 0 saturated heterocycles. The van der Waals surface area contributed by atoms with Crippen LogP contribution in [0.15, 0.2) is 30.3 Å². The average molecular weight is 392 g/mol. The summed E-state index contributed by atoms with van der Waals surface area (Å²) in [5, 5.41) is 9.93. The Labute approximate surface area is 157 Å². The Hall–Kier alpha value is -3.43. The molecule has 2 aromatic carbocycles. The molecule has 1 atom stereocenters. The number of carbonyl (C=O) groups excluding carboxylic acids is 2. The van der Waals surface area contributed by atoms with E-state index in [9.17, 15) is 22.8 Å². The number of aromatic nitrogens is 3. The summed E-state index contributed by atoms with van der Waals surface area (Å²) in [6, 6.07) is 6.15. The molecule has 1 heterocycles. The van der Waals surface area contributed by atoms with Gasteiger partial charge in [0, 0.05) is 6.54 Å². The molecule has 0 aliphatic heterocycles. The van der Waals surface area contributed by atoms with Crippen LogP contribution in [0.5, 0.6) is 0 Å². The van der Waals surface area contributed by atoms with E-state index in [4.69, 9.17) is 4.74 Å². The number of fused-ring (bicyclic) bond motifs is 1. The van der Waals surface area contributed by atoms with Gasteiger partial charge in [-0.2, -0.15) is 0 Å². The first-order valence-corrected chi connectivity index (χ1v) is 8.30. The minimum Gasteiger partial charge on any atom is -0.449 e. The van der Waals surface area contributed by atoms with Gasteiger partial charge in [0.1, 0.15) is 5.52 Å². The van der Waals surface area contributed by atoms with Gasteiger partial charge in [-0.3, -0.25) is 4.79 Å². The molecule has 0 fully saturated rings. The second kappa shape index (κ2) is 7.67. The largest absolute Gasteiger partial charge is 0.449 e. The van der Waals surface area contributed by atoms with Crippen molar-refractivity contribution in [1.29, 1.82) is 0 Å². The number of hydrogen-bond acceptors (Lipinski definition) is 5. The number of amides is 1. The van der Waals surface area contributed by atoms with Crippen LogP contribution >= 0.6 is 0 Å². The maximum Gasteiger partial charge on any atom is 0.338 e. The van der Waals surface area contributed by atoms with E-state index in [2.05, 4.69) is 15.6 Å². The highest BCUT2D eigenvalue weighted by Crippen LogP contribution is 2.20. The summed E-state index contributed by atoms with van der Waals surface area (Å²) in [5.74, 6) is -6.35. The van der Waals surface area contributed by atoms with Gasteiger partial charge in [-0.15, -0.1) is 5.10 Å². The summed E-state index contributed by atoms with van der Waals surface area (Å²) in [5.41, 5.74) is 0.801. The monoisotopic (exact) mass is 392 g/mol. The molecule has 3 aromatic rings. The predicted molar refractivity (Wildman–Crippen MR) is 93.0 cm³/mol. The van der Waals surface area contributed by atoms with Crippen molar-refractivity contribution in [2.24, 2.45) is 0 Å². The van der Waals surface area contributed by atoms with Gasteiger partial charge >= 0.3 is 5.97 Å². The summed E-state index contributed by atoms with van der Waals surface area (Å²) in [6.45, 7) is 3.77. The van der Waals surface area contributed by atoms with E-state index in [0.29, 0.717) is 18.1 Å². The number of rotatable bonds is 5. The summed E-state index contributed by atoms with van der Waals surface area (Å²) < 4.78 is 46.5. The van der Waals surface area contributed by atoms with Crippen LogP contribution in [-0.4, -0.2) is 33.0 Å². The Bertz CT molecular complexity index is 1070. The summed E-state index contributed by atoms with van der Waals surface area (Å²) in [4.78, 5) is 24.3. The van der Waals surface area contributed by atoms with E-state index in [1.54, 1.807) is 10.7 Å². The van der Waals surface area contributed by atoms with Gasteiger partial charge in [-0.1, -0.05) is 5.21 Å². The maximum absolute atomic E-state index is 13.6. The number of benzene rings is 2. The molecule has 0 aliphatic rings. The van der Waals surface area contributed by atoms with E-state index in [-0.39, 0.29) is 5.56 Å². The van der Waals surface area contributed by atoms with Crippen LogP contribution in [0.3, 0.4) is 0 Å². The molecular formula is C18H15F3N4O3. The zero-order valence-corrected chi connectivity index (χ0v) is 14.9. The van der Waals surface area contributed by atoms with Gasteiger partial charge in [0.25, 0.3) is 5.91 Å². The number of hydrogen-bond donors (Lipinski definition) is 1. The molecule has 146 valence electrons. The van der Waals surface area contributed by atoms with Crippen LogP contribution in [-0.2, 0) is 16.1 Å². The van der Waals surface area contributed by atoms with Gasteiger partial charge in [-0.05, 0) is 44.2 Å². The Morgan fingerprint density at radius 1 is 1.18 bits per heavy atom. The normalized spacial score (nSPS) is 12.0. The molecular weight excluding hydrogens is 377 g/mol. The van der Waals surface area contributed by atoms with E-state index in [0.717, 1.165) is 11.6 Å². The lowest BCUT2D eigenvalue weighted by Gasteiger charge is -2.14. The molecule has 0 spiro atoms. The van der Waals surface area contributed by atoms with E-state index in [1.807, 2.05) is 6.92 Å². The molecule has 28 heavy (non-hydrogen) atoms. The molecule has 3 rings (SSSR count). The molecule has 0 saturated carbocycles. The fourth-order valence-corrected chi connectivity index (χ4v) is 2.47. The van der Waals surface area contributed by atoms with Crippen molar-refractivity contribution in [3.8, 4) is 0 Å². The van der Waals surface area contributed by atoms with Crippen molar-refractivity contribution in [3.05, 3.63) is 53.3 Å². The van der Waals surface area contributed by atoms with Crippen molar-refractivity contribution >= 4 is 28.6 Å². The SMILES string of the molecule is CCn1nnc2cc(C(=O)O[C@@H](C)C(=O)Nc3ccc(F)c(F)c3F)ccc21. The quantitative estimate of drug-likeness (QED) is 0.533. The van der Waals surface area contributed by atoms with Crippen molar-refractivity contribution in [3.63, 3.8) is 0 Å². The molecule has 10 heteroatoms. The van der Waals surface area contributed by atoms with Crippen LogP contribution < -0.4 is 5.32 Å². The van der Waals surface area contributed by atoms with Gasteiger partial charge in [0.15, 0.2) is 23.6 Å². The highest BCUT2D eigenvalue weighted by molar-refractivity contribution is 5.98. The van der Waals surface area contributed by atoms with Crippen molar-refractivity contribution in [2.45, 2.75) is 26.5 Å². The van der Waals surface area contributed by atoms with E-state index < -0.39 is 41.1 Å². The van der Waals surface area contributed by atoms with Crippen LogP contribution in [0.4, 0.5) is 18.9 Å². The van der Waals surface area contributed by atoms with Crippen LogP contribution in [0, 0.1) is 17.5 Å². The van der Waals surface area contributed by atoms with Gasteiger partial charge in [0.2, 0.25) is 0 Å². The number of carbonyl (C=O) groups is 2. The predicted octanol–water partition coefficient (Wildman–Crippen LogP) is 3.05. The van der Waals surface area contributed by atoms with Crippen molar-refractivity contribution < 1.29 is 27.5 Å². The number of nitrogens with one attached hydrogen (secondary N) is 1. The number of anilines is 1. The summed E-state index contributed by atoms with van der Waals surface area (Å²) in [6.07, 6.45) is -1.32. The number of nitrogens with zero attached hydrogens (tertiary/aromatic N) is 3. The summed E-state index contributed by atoms with van der Waals surface area (Å²) in [7, 11) is 0. The standard InChI is InChI=1S/C18H15F3N4O3/c1-3-25-14-7-4-10(8-13(14)23-24-25)18(27)28-9(2)17(26)22-12-6-5-11(19)15(20)16(12)21/h4-9H,3H2,1-2H3,(H,22,26)/t9-/m0/s1. The fourth-order valence-electron chi connectivity index (χ4n) is 2.47. The summed E-state index contributed by atoms with van der Waals surface area (Å²) >= 11 is 0. The van der Waals surface area contributed by atoms with E-state index >= 15 is 0 Å². The highest BCUT2D eigenvalue weighted by atomic mass is 19.2. The number of aryl methyl sites for hydroxylation is 1. The van der Waals surface area contributed by atoms with E-state index in [1.165, 1.54) is 19.1 Å². The Kier molecular flexibility index (Phi) is 5.30. The first-order valence-electron chi connectivity index (χ1n) is 8.30. The first-order chi connectivity index (χ1) is 13.3. The average Bonchev–Trinajstić information content (AvgIpc) is 3.10. The molecule has 1 amide bonds.